The molecule has 0 bridgehead atoms. The van der Waals surface area contributed by atoms with E-state index in [9.17, 15) is 0 Å². The maximum atomic E-state index is 5.98. The van der Waals surface area contributed by atoms with E-state index in [0.29, 0.717) is 6.04 Å². The number of hydrogen-bond acceptors (Lipinski definition) is 2. The Kier molecular flexibility index (Phi) is 4.74. The SMILES string of the molecule is CCCCCN1CC(C)CC(N)C1. The Hall–Kier alpha value is -0.0800. The third kappa shape index (κ3) is 4.10. The predicted octanol–water partition coefficient (Wildman–Crippen LogP) is 1.85. The summed E-state index contributed by atoms with van der Waals surface area (Å²) >= 11 is 0. The number of nitrogens with two attached hydrogens (primary N) is 1. The van der Waals surface area contributed by atoms with Gasteiger partial charge in [-0.25, -0.2) is 0 Å². The maximum absolute atomic E-state index is 5.98. The first-order valence-electron chi connectivity index (χ1n) is 5.70. The van der Waals surface area contributed by atoms with E-state index >= 15 is 0 Å². The summed E-state index contributed by atoms with van der Waals surface area (Å²) in [4.78, 5) is 2.54. The zero-order valence-electron chi connectivity index (χ0n) is 9.13. The highest BCUT2D eigenvalue weighted by Crippen LogP contribution is 2.15. The van der Waals surface area contributed by atoms with Crippen LogP contribution >= 0.6 is 0 Å². The van der Waals surface area contributed by atoms with Crippen LogP contribution in [-0.4, -0.2) is 30.6 Å². The fraction of sp³-hybridized carbons (Fsp3) is 1.00. The van der Waals surface area contributed by atoms with Crippen molar-refractivity contribution in [2.45, 2.75) is 45.6 Å². The zero-order valence-corrected chi connectivity index (χ0v) is 9.13. The Bertz CT molecular complexity index is 126. The van der Waals surface area contributed by atoms with E-state index < -0.39 is 0 Å². The van der Waals surface area contributed by atoms with Crippen LogP contribution in [0.5, 0.6) is 0 Å². The molecule has 1 rings (SSSR count). The minimum Gasteiger partial charge on any atom is -0.327 e. The summed E-state index contributed by atoms with van der Waals surface area (Å²) in [5, 5.41) is 0. The molecule has 0 aliphatic carbocycles. The van der Waals surface area contributed by atoms with Gasteiger partial charge in [-0.15, -0.1) is 0 Å². The van der Waals surface area contributed by atoms with Gasteiger partial charge in [0.2, 0.25) is 0 Å². The number of hydrogen-bond donors (Lipinski definition) is 1. The van der Waals surface area contributed by atoms with E-state index in [1.165, 1.54) is 38.8 Å². The van der Waals surface area contributed by atoms with Crippen LogP contribution in [0, 0.1) is 5.92 Å². The summed E-state index contributed by atoms with van der Waals surface area (Å²) in [6.45, 7) is 8.20. The molecule has 2 atom stereocenters. The highest BCUT2D eigenvalue weighted by atomic mass is 15.1. The van der Waals surface area contributed by atoms with E-state index in [4.69, 9.17) is 5.73 Å². The summed E-state index contributed by atoms with van der Waals surface area (Å²) in [6.07, 6.45) is 5.23. The fourth-order valence-corrected chi connectivity index (χ4v) is 2.28. The second kappa shape index (κ2) is 5.61. The second-order valence-electron chi connectivity index (χ2n) is 4.57. The molecule has 2 nitrogen and oxygen atoms in total. The maximum Gasteiger partial charge on any atom is 0.0170 e. The summed E-state index contributed by atoms with van der Waals surface area (Å²) in [6, 6.07) is 0.422. The van der Waals surface area contributed by atoms with E-state index in [1.807, 2.05) is 0 Å². The van der Waals surface area contributed by atoms with Crippen LogP contribution < -0.4 is 5.73 Å². The van der Waals surface area contributed by atoms with Crippen LogP contribution in [-0.2, 0) is 0 Å². The van der Waals surface area contributed by atoms with E-state index in [2.05, 4.69) is 18.7 Å². The largest absolute Gasteiger partial charge is 0.327 e. The number of nitrogens with zero attached hydrogens (tertiary/aromatic N) is 1. The molecule has 1 heterocycles. The quantitative estimate of drug-likeness (QED) is 0.676. The molecule has 0 aromatic carbocycles. The van der Waals surface area contributed by atoms with Gasteiger partial charge in [-0.1, -0.05) is 26.7 Å². The summed E-state index contributed by atoms with van der Waals surface area (Å²) in [5.74, 6) is 0.797. The second-order valence-corrected chi connectivity index (χ2v) is 4.57. The van der Waals surface area contributed by atoms with Gasteiger partial charge in [0, 0.05) is 19.1 Å². The van der Waals surface area contributed by atoms with Gasteiger partial charge in [-0.3, -0.25) is 0 Å². The molecule has 0 spiro atoms. The predicted molar refractivity (Wildman–Crippen MR) is 57.7 cm³/mol. The summed E-state index contributed by atoms with van der Waals surface area (Å²) in [5.41, 5.74) is 5.98. The Balaban J connectivity index is 2.17. The smallest absolute Gasteiger partial charge is 0.0170 e. The van der Waals surface area contributed by atoms with Gasteiger partial charge < -0.3 is 10.6 Å². The first kappa shape index (κ1) is 11.0. The van der Waals surface area contributed by atoms with E-state index in [0.717, 1.165) is 12.5 Å². The molecule has 78 valence electrons. The highest BCUT2D eigenvalue weighted by molar-refractivity contribution is 4.78. The third-order valence-corrected chi connectivity index (χ3v) is 2.85. The molecule has 2 unspecified atom stereocenters. The number of unbranched alkanes of at least 4 members (excludes halogenated alkanes) is 2. The molecule has 0 aromatic heterocycles. The third-order valence-electron chi connectivity index (χ3n) is 2.85. The van der Waals surface area contributed by atoms with Gasteiger partial charge in [-0.2, -0.15) is 0 Å². The topological polar surface area (TPSA) is 29.3 Å². The fourth-order valence-electron chi connectivity index (χ4n) is 2.28. The van der Waals surface area contributed by atoms with Gasteiger partial charge in [0.15, 0.2) is 0 Å². The molecule has 13 heavy (non-hydrogen) atoms. The first-order valence-corrected chi connectivity index (χ1v) is 5.70. The summed E-state index contributed by atoms with van der Waals surface area (Å²) < 4.78 is 0. The van der Waals surface area contributed by atoms with Gasteiger partial charge in [0.05, 0.1) is 0 Å². The van der Waals surface area contributed by atoms with Crippen LogP contribution in [0.3, 0.4) is 0 Å². The monoisotopic (exact) mass is 184 g/mol. The van der Waals surface area contributed by atoms with Crippen LogP contribution in [0.4, 0.5) is 0 Å². The van der Waals surface area contributed by atoms with Crippen molar-refractivity contribution in [2.24, 2.45) is 11.7 Å². The van der Waals surface area contributed by atoms with Gasteiger partial charge >= 0.3 is 0 Å². The lowest BCUT2D eigenvalue weighted by Crippen LogP contribution is -2.46. The lowest BCUT2D eigenvalue weighted by Gasteiger charge is -2.34. The van der Waals surface area contributed by atoms with Crippen molar-refractivity contribution in [3.63, 3.8) is 0 Å². The Morgan fingerprint density at radius 1 is 1.31 bits per heavy atom. The van der Waals surface area contributed by atoms with Crippen molar-refractivity contribution < 1.29 is 0 Å². The van der Waals surface area contributed by atoms with Crippen molar-refractivity contribution >= 4 is 0 Å². The molecular formula is C11H24N2. The molecule has 2 N–H and O–H groups in total. The van der Waals surface area contributed by atoms with Crippen LogP contribution in [0.15, 0.2) is 0 Å². The average Bonchev–Trinajstić information content (AvgIpc) is 2.03. The van der Waals surface area contributed by atoms with Gasteiger partial charge in [0.1, 0.15) is 0 Å². The minimum atomic E-state index is 0.422. The zero-order chi connectivity index (χ0) is 9.68. The normalized spacial score (nSPS) is 30.7. The number of rotatable bonds is 4. The van der Waals surface area contributed by atoms with Crippen LogP contribution in [0.25, 0.3) is 0 Å². The van der Waals surface area contributed by atoms with Crippen LogP contribution in [0.2, 0.25) is 0 Å². The molecular weight excluding hydrogens is 160 g/mol. The Morgan fingerprint density at radius 3 is 2.69 bits per heavy atom. The van der Waals surface area contributed by atoms with Crippen molar-refractivity contribution in [3.05, 3.63) is 0 Å². The summed E-state index contributed by atoms with van der Waals surface area (Å²) in [7, 11) is 0. The van der Waals surface area contributed by atoms with Gasteiger partial charge in [-0.05, 0) is 25.3 Å². The molecule has 1 aliphatic rings. The molecule has 0 saturated carbocycles. The number of likely N-dealkylation sites (tertiary alicyclic amines) is 1. The molecule has 1 aliphatic heterocycles. The lowest BCUT2D eigenvalue weighted by atomic mass is 9.96. The molecule has 0 aromatic rings. The van der Waals surface area contributed by atoms with Crippen molar-refractivity contribution in [2.75, 3.05) is 19.6 Å². The van der Waals surface area contributed by atoms with Gasteiger partial charge in [0.25, 0.3) is 0 Å². The lowest BCUT2D eigenvalue weighted by molar-refractivity contribution is 0.163. The van der Waals surface area contributed by atoms with Crippen molar-refractivity contribution in [1.82, 2.24) is 4.90 Å². The Morgan fingerprint density at radius 2 is 2.08 bits per heavy atom. The van der Waals surface area contributed by atoms with Crippen molar-refractivity contribution in [3.8, 4) is 0 Å². The van der Waals surface area contributed by atoms with Crippen LogP contribution in [0.1, 0.15) is 39.5 Å². The van der Waals surface area contributed by atoms with E-state index in [1.54, 1.807) is 0 Å². The standard InChI is InChI=1S/C11H24N2/c1-3-4-5-6-13-8-10(2)7-11(12)9-13/h10-11H,3-9,12H2,1-2H3. The molecule has 1 saturated heterocycles. The number of piperidine rings is 1. The average molecular weight is 184 g/mol. The molecule has 2 heteroatoms. The molecule has 0 radical (unpaired) electrons. The first-order chi connectivity index (χ1) is 6.22. The molecule has 0 amide bonds. The highest BCUT2D eigenvalue weighted by Gasteiger charge is 2.21. The molecule has 1 fully saturated rings. The minimum absolute atomic E-state index is 0.422. The Labute approximate surface area is 82.5 Å². The van der Waals surface area contributed by atoms with Crippen molar-refractivity contribution in [1.29, 1.82) is 0 Å². The van der Waals surface area contributed by atoms with E-state index in [-0.39, 0.29) is 0 Å².